The number of methoxy groups -OCH3 is 1. The Morgan fingerprint density at radius 3 is 2.74 bits per heavy atom. The van der Waals surface area contributed by atoms with Gasteiger partial charge in [0.25, 0.3) is 0 Å². The molecular formula is C16H18N6O. The van der Waals surface area contributed by atoms with Crippen molar-refractivity contribution in [1.82, 2.24) is 4.98 Å². The van der Waals surface area contributed by atoms with Crippen LogP contribution >= 0.6 is 0 Å². The predicted molar refractivity (Wildman–Crippen MR) is 92.6 cm³/mol. The van der Waals surface area contributed by atoms with Crippen molar-refractivity contribution in [2.45, 2.75) is 13.1 Å². The molecule has 0 radical (unpaired) electrons. The minimum Gasteiger partial charge on any atom is -0.480 e. The zero-order valence-electron chi connectivity index (χ0n) is 12.9. The maximum absolute atomic E-state index is 7.95. The smallest absolute Gasteiger partial charge is 0.236 e. The molecule has 0 bridgehead atoms. The Kier molecular flexibility index (Phi) is 3.71. The number of pyridine rings is 1. The molecule has 118 valence electrons. The number of amidine groups is 1. The van der Waals surface area contributed by atoms with E-state index < -0.39 is 6.17 Å². The number of nitrogens with one attached hydrogen (secondary N) is 1. The van der Waals surface area contributed by atoms with Crippen LogP contribution in [0.5, 0.6) is 5.88 Å². The van der Waals surface area contributed by atoms with Crippen molar-refractivity contribution in [3.63, 3.8) is 0 Å². The summed E-state index contributed by atoms with van der Waals surface area (Å²) < 4.78 is 5.08. The summed E-state index contributed by atoms with van der Waals surface area (Å²) in [5.74, 6) is 0.754. The van der Waals surface area contributed by atoms with E-state index in [0.717, 1.165) is 22.5 Å². The molecule has 2 heterocycles. The number of nitrogens with zero attached hydrogens (tertiary/aromatic N) is 3. The lowest BCUT2D eigenvalue weighted by molar-refractivity contribution is 0.400. The molecule has 0 spiro atoms. The van der Waals surface area contributed by atoms with E-state index in [9.17, 15) is 0 Å². The average molecular weight is 310 g/mol. The van der Waals surface area contributed by atoms with Gasteiger partial charge in [0, 0.05) is 18.0 Å². The quantitative estimate of drug-likeness (QED) is 0.581. The molecular weight excluding hydrogens is 292 g/mol. The molecule has 7 nitrogen and oxygen atoms in total. The number of benzene rings is 1. The highest BCUT2D eigenvalue weighted by Crippen LogP contribution is 2.37. The van der Waals surface area contributed by atoms with Crippen LogP contribution in [0.2, 0.25) is 0 Å². The van der Waals surface area contributed by atoms with Gasteiger partial charge in [-0.2, -0.15) is 0 Å². The Labute approximate surface area is 134 Å². The van der Waals surface area contributed by atoms with E-state index in [4.69, 9.17) is 21.6 Å². The van der Waals surface area contributed by atoms with Crippen molar-refractivity contribution in [3.05, 3.63) is 30.5 Å². The van der Waals surface area contributed by atoms with Gasteiger partial charge in [0.1, 0.15) is 6.17 Å². The van der Waals surface area contributed by atoms with Crippen molar-refractivity contribution in [2.24, 2.45) is 10.7 Å². The number of ether oxygens (including phenoxy) is 1. The second kappa shape index (κ2) is 5.69. The van der Waals surface area contributed by atoms with Crippen molar-refractivity contribution >= 4 is 29.1 Å². The molecule has 1 aromatic carbocycles. The monoisotopic (exact) mass is 310 g/mol. The second-order valence-corrected chi connectivity index (χ2v) is 5.25. The van der Waals surface area contributed by atoms with Crippen LogP contribution in [0.15, 0.2) is 35.5 Å². The first-order chi connectivity index (χ1) is 11.0. The second-order valence-electron chi connectivity index (χ2n) is 5.25. The summed E-state index contributed by atoms with van der Waals surface area (Å²) in [4.78, 5) is 10.3. The molecule has 0 aliphatic carbocycles. The standard InChI is InChI=1S/C16H18N6O/c1-9(17)22-14-6-10(3-4-13(14)20-8-15(22)19)11-5-12(18)16(23-2)21-7-11/h3-8,15,17H,18-19H2,1-2H3. The highest BCUT2D eigenvalue weighted by molar-refractivity contribution is 6.03. The van der Waals surface area contributed by atoms with Crippen molar-refractivity contribution in [3.8, 4) is 17.0 Å². The molecule has 2 aromatic rings. The van der Waals surface area contributed by atoms with Crippen molar-refractivity contribution in [2.75, 3.05) is 17.7 Å². The molecule has 7 heteroatoms. The van der Waals surface area contributed by atoms with Gasteiger partial charge in [-0.3, -0.25) is 10.4 Å². The van der Waals surface area contributed by atoms with E-state index in [1.165, 1.54) is 7.11 Å². The van der Waals surface area contributed by atoms with Gasteiger partial charge in [0.05, 0.1) is 30.0 Å². The molecule has 1 aliphatic rings. The predicted octanol–water partition coefficient (Wildman–Crippen LogP) is 2.14. The molecule has 1 atom stereocenters. The van der Waals surface area contributed by atoms with Gasteiger partial charge >= 0.3 is 0 Å². The van der Waals surface area contributed by atoms with Crippen LogP contribution in [0.25, 0.3) is 11.1 Å². The van der Waals surface area contributed by atoms with Crippen LogP contribution in [0, 0.1) is 5.41 Å². The van der Waals surface area contributed by atoms with E-state index in [-0.39, 0.29) is 0 Å². The van der Waals surface area contributed by atoms with Gasteiger partial charge in [0.15, 0.2) is 0 Å². The number of rotatable bonds is 2. The van der Waals surface area contributed by atoms with Crippen LogP contribution in [0.1, 0.15) is 6.92 Å². The summed E-state index contributed by atoms with van der Waals surface area (Å²) in [5.41, 5.74) is 15.8. The van der Waals surface area contributed by atoms with Crippen LogP contribution in [0.3, 0.4) is 0 Å². The van der Waals surface area contributed by atoms with Gasteiger partial charge in [-0.1, -0.05) is 6.07 Å². The third kappa shape index (κ3) is 2.62. The van der Waals surface area contributed by atoms with E-state index in [1.54, 1.807) is 30.3 Å². The fourth-order valence-electron chi connectivity index (χ4n) is 2.59. The molecule has 23 heavy (non-hydrogen) atoms. The van der Waals surface area contributed by atoms with Gasteiger partial charge < -0.3 is 21.1 Å². The lowest BCUT2D eigenvalue weighted by Crippen LogP contribution is -2.47. The molecule has 0 saturated heterocycles. The average Bonchev–Trinajstić information content (AvgIpc) is 2.53. The fraction of sp³-hybridized carbons (Fsp3) is 0.188. The lowest BCUT2D eigenvalue weighted by Gasteiger charge is -2.31. The largest absolute Gasteiger partial charge is 0.480 e. The zero-order chi connectivity index (χ0) is 16.6. The topological polar surface area (TPSA) is 114 Å². The van der Waals surface area contributed by atoms with E-state index in [1.807, 2.05) is 18.2 Å². The molecule has 3 rings (SSSR count). The molecule has 0 saturated carbocycles. The molecule has 1 aromatic heterocycles. The van der Waals surface area contributed by atoms with Crippen LogP contribution in [-0.2, 0) is 0 Å². The van der Waals surface area contributed by atoms with Crippen LogP contribution < -0.4 is 21.1 Å². The fourth-order valence-corrected chi connectivity index (χ4v) is 2.59. The van der Waals surface area contributed by atoms with Crippen molar-refractivity contribution in [1.29, 1.82) is 5.41 Å². The van der Waals surface area contributed by atoms with E-state index >= 15 is 0 Å². The number of anilines is 2. The Hall–Kier alpha value is -2.93. The number of nitrogens with two attached hydrogens (primary N) is 2. The molecule has 0 amide bonds. The molecule has 5 N–H and O–H groups in total. The van der Waals surface area contributed by atoms with Gasteiger partial charge in [-0.15, -0.1) is 0 Å². The number of aromatic nitrogens is 1. The molecule has 1 unspecified atom stereocenters. The van der Waals surface area contributed by atoms with E-state index in [2.05, 4.69) is 9.98 Å². The summed E-state index contributed by atoms with van der Waals surface area (Å²) >= 11 is 0. The summed E-state index contributed by atoms with van der Waals surface area (Å²) in [5, 5.41) is 7.95. The zero-order valence-corrected chi connectivity index (χ0v) is 12.9. The Bertz CT molecular complexity index is 801. The van der Waals surface area contributed by atoms with Crippen LogP contribution in [0.4, 0.5) is 17.1 Å². The summed E-state index contributed by atoms with van der Waals surface area (Å²) in [6.45, 7) is 1.70. The molecule has 1 aliphatic heterocycles. The Morgan fingerprint density at radius 2 is 2.09 bits per heavy atom. The summed E-state index contributed by atoms with van der Waals surface area (Å²) in [6.07, 6.45) is 2.88. The summed E-state index contributed by atoms with van der Waals surface area (Å²) in [7, 11) is 1.53. The van der Waals surface area contributed by atoms with Gasteiger partial charge in [-0.05, 0) is 30.7 Å². The molecule has 0 fully saturated rings. The normalized spacial score (nSPS) is 16.1. The minimum atomic E-state index is -0.450. The first kappa shape index (κ1) is 15.0. The number of hydrogen-bond donors (Lipinski definition) is 3. The number of aliphatic imine (C=N–C) groups is 1. The third-order valence-electron chi connectivity index (χ3n) is 3.67. The lowest BCUT2D eigenvalue weighted by atomic mass is 10.0. The van der Waals surface area contributed by atoms with Crippen molar-refractivity contribution < 1.29 is 4.74 Å². The summed E-state index contributed by atoms with van der Waals surface area (Å²) in [6, 6.07) is 7.57. The highest BCUT2D eigenvalue weighted by atomic mass is 16.5. The van der Waals surface area contributed by atoms with Gasteiger partial charge in [0.2, 0.25) is 5.88 Å². The van der Waals surface area contributed by atoms with E-state index in [0.29, 0.717) is 17.4 Å². The third-order valence-corrected chi connectivity index (χ3v) is 3.67. The van der Waals surface area contributed by atoms with Gasteiger partial charge in [-0.25, -0.2) is 4.98 Å². The number of nitrogen functional groups attached to an aromatic ring is 1. The Morgan fingerprint density at radius 1 is 1.30 bits per heavy atom. The first-order valence-electron chi connectivity index (χ1n) is 7.09. The Balaban J connectivity index is 2.08. The highest BCUT2D eigenvalue weighted by Gasteiger charge is 2.23. The number of hydrogen-bond acceptors (Lipinski definition) is 6. The number of fused-ring (bicyclic) bond motifs is 1. The maximum Gasteiger partial charge on any atom is 0.236 e. The SMILES string of the molecule is COc1ncc(-c2ccc3c(c2)N(C(C)=N)C(N)C=N3)cc1N. The maximum atomic E-state index is 7.95. The first-order valence-corrected chi connectivity index (χ1v) is 7.09. The minimum absolute atomic E-state index is 0.356. The van der Waals surface area contributed by atoms with Crippen LogP contribution in [-0.4, -0.2) is 30.3 Å².